The van der Waals surface area contributed by atoms with Crippen LogP contribution in [0.3, 0.4) is 0 Å². The van der Waals surface area contributed by atoms with Crippen LogP contribution in [0.4, 0.5) is 0 Å². The van der Waals surface area contributed by atoms with Crippen molar-refractivity contribution in [2.45, 2.75) is 57.5 Å². The van der Waals surface area contributed by atoms with Gasteiger partial charge in [-0.2, -0.15) is 0 Å². The average molecular weight is 380 g/mol. The largest absolute Gasteiger partial charge is 0.353 e. The van der Waals surface area contributed by atoms with Gasteiger partial charge in [-0.15, -0.1) is 0 Å². The van der Waals surface area contributed by atoms with E-state index in [0.29, 0.717) is 11.2 Å². The fraction of sp³-hybridized carbons (Fsp3) is 0.429. The van der Waals surface area contributed by atoms with Crippen LogP contribution in [0.2, 0.25) is 0 Å². The van der Waals surface area contributed by atoms with Crippen molar-refractivity contribution in [1.29, 1.82) is 0 Å². The molecule has 1 saturated carbocycles. The van der Waals surface area contributed by atoms with Crippen molar-refractivity contribution in [2.24, 2.45) is 0 Å². The Kier molecular flexibility index (Phi) is 5.50. The van der Waals surface area contributed by atoms with Gasteiger partial charge in [0.05, 0.1) is 6.33 Å². The van der Waals surface area contributed by atoms with Crippen molar-refractivity contribution < 1.29 is 9.32 Å². The van der Waals surface area contributed by atoms with E-state index in [2.05, 4.69) is 15.5 Å². The minimum absolute atomic E-state index is 0.0264. The smallest absolute Gasteiger partial charge is 0.299 e. The number of benzene rings is 1. The van der Waals surface area contributed by atoms with Crippen molar-refractivity contribution in [1.82, 2.24) is 20.0 Å². The minimum atomic E-state index is -0.318. The molecule has 0 aliphatic heterocycles. The maximum Gasteiger partial charge on any atom is 0.299 e. The SMILES string of the molecule is O=C(CCn1cnc2c(-c3ccccc3)noc2c1=O)NC1CCCCCC1. The molecule has 7 nitrogen and oxygen atoms in total. The van der Waals surface area contributed by atoms with Crippen LogP contribution in [0, 0.1) is 0 Å². The Hall–Kier alpha value is -2.96. The van der Waals surface area contributed by atoms with Crippen molar-refractivity contribution >= 4 is 17.0 Å². The molecule has 1 fully saturated rings. The predicted molar refractivity (Wildman–Crippen MR) is 106 cm³/mol. The minimum Gasteiger partial charge on any atom is -0.353 e. The molecular formula is C21H24N4O3. The molecule has 2 heterocycles. The summed E-state index contributed by atoms with van der Waals surface area (Å²) in [5, 5.41) is 7.12. The van der Waals surface area contributed by atoms with Crippen LogP contribution in [0.25, 0.3) is 22.4 Å². The number of carbonyl (C=O) groups excluding carboxylic acids is 1. The number of nitrogens with one attached hydrogen (secondary N) is 1. The standard InChI is InChI=1S/C21H24N4O3/c26-17(23-16-10-6-1-2-7-11-16)12-13-25-14-22-19-18(15-8-4-3-5-9-15)24-28-20(19)21(25)27/h3-5,8-9,14,16H,1-2,6-7,10-13H2,(H,23,26). The summed E-state index contributed by atoms with van der Waals surface area (Å²) in [6.07, 6.45) is 8.61. The second-order valence-corrected chi connectivity index (χ2v) is 7.32. The van der Waals surface area contributed by atoms with Gasteiger partial charge in [-0.25, -0.2) is 4.98 Å². The van der Waals surface area contributed by atoms with Crippen LogP contribution in [-0.2, 0) is 11.3 Å². The van der Waals surface area contributed by atoms with E-state index in [-0.39, 0.29) is 36.1 Å². The first kappa shape index (κ1) is 18.4. The monoisotopic (exact) mass is 380 g/mol. The van der Waals surface area contributed by atoms with Gasteiger partial charge in [0.15, 0.2) is 0 Å². The fourth-order valence-electron chi connectivity index (χ4n) is 3.75. The third-order valence-corrected chi connectivity index (χ3v) is 5.30. The van der Waals surface area contributed by atoms with E-state index >= 15 is 0 Å². The average Bonchev–Trinajstić information content (AvgIpc) is 2.99. The topological polar surface area (TPSA) is 90.0 Å². The van der Waals surface area contributed by atoms with Crippen LogP contribution in [0.1, 0.15) is 44.9 Å². The quantitative estimate of drug-likeness (QED) is 0.686. The molecule has 0 saturated heterocycles. The number of carbonyl (C=O) groups is 1. The molecule has 0 atom stereocenters. The highest BCUT2D eigenvalue weighted by Crippen LogP contribution is 2.24. The number of hydrogen-bond acceptors (Lipinski definition) is 5. The lowest BCUT2D eigenvalue weighted by Gasteiger charge is -2.16. The first-order chi connectivity index (χ1) is 13.7. The summed E-state index contributed by atoms with van der Waals surface area (Å²) in [4.78, 5) is 29.3. The Bertz CT molecular complexity index is 1000. The lowest BCUT2D eigenvalue weighted by Crippen LogP contribution is -2.35. The van der Waals surface area contributed by atoms with E-state index in [0.717, 1.165) is 18.4 Å². The van der Waals surface area contributed by atoms with E-state index in [1.54, 1.807) is 0 Å². The van der Waals surface area contributed by atoms with Crippen LogP contribution in [-0.4, -0.2) is 26.7 Å². The molecule has 4 rings (SSSR count). The van der Waals surface area contributed by atoms with Crippen LogP contribution < -0.4 is 10.9 Å². The number of amides is 1. The second-order valence-electron chi connectivity index (χ2n) is 7.32. The highest BCUT2D eigenvalue weighted by molar-refractivity contribution is 5.87. The van der Waals surface area contributed by atoms with E-state index in [1.807, 2.05) is 30.3 Å². The molecule has 2 aromatic heterocycles. The van der Waals surface area contributed by atoms with Crippen LogP contribution in [0.15, 0.2) is 46.0 Å². The summed E-state index contributed by atoms with van der Waals surface area (Å²) in [5.74, 6) is -0.0264. The second kappa shape index (κ2) is 8.37. The Morgan fingerprint density at radius 1 is 1.14 bits per heavy atom. The van der Waals surface area contributed by atoms with E-state index in [9.17, 15) is 9.59 Å². The third kappa shape index (κ3) is 3.98. The lowest BCUT2D eigenvalue weighted by molar-refractivity contribution is -0.122. The summed E-state index contributed by atoms with van der Waals surface area (Å²) in [5.41, 5.74) is 1.63. The molecule has 0 spiro atoms. The number of rotatable bonds is 5. The van der Waals surface area contributed by atoms with Gasteiger partial charge in [0.25, 0.3) is 11.1 Å². The number of fused-ring (bicyclic) bond motifs is 1. The third-order valence-electron chi connectivity index (χ3n) is 5.30. The number of aryl methyl sites for hydroxylation is 1. The Balaban J connectivity index is 1.45. The van der Waals surface area contributed by atoms with Crippen molar-refractivity contribution in [3.63, 3.8) is 0 Å². The zero-order valence-electron chi connectivity index (χ0n) is 15.8. The van der Waals surface area contributed by atoms with Gasteiger partial charge in [0, 0.05) is 24.6 Å². The van der Waals surface area contributed by atoms with Gasteiger partial charge in [0.1, 0.15) is 11.2 Å². The van der Waals surface area contributed by atoms with Crippen LogP contribution >= 0.6 is 0 Å². The van der Waals surface area contributed by atoms with Gasteiger partial charge in [-0.1, -0.05) is 61.2 Å². The highest BCUT2D eigenvalue weighted by atomic mass is 16.5. The Morgan fingerprint density at radius 3 is 2.64 bits per heavy atom. The summed E-state index contributed by atoms with van der Waals surface area (Å²) in [6, 6.07) is 9.74. The molecule has 0 bridgehead atoms. The molecule has 0 radical (unpaired) electrons. The van der Waals surface area contributed by atoms with Gasteiger partial charge < -0.3 is 9.84 Å². The van der Waals surface area contributed by atoms with Crippen LogP contribution in [0.5, 0.6) is 0 Å². The normalized spacial score (nSPS) is 15.4. The molecule has 0 unspecified atom stereocenters. The molecule has 146 valence electrons. The first-order valence-corrected chi connectivity index (χ1v) is 9.92. The lowest BCUT2D eigenvalue weighted by atomic mass is 10.1. The summed E-state index contributed by atoms with van der Waals surface area (Å²) in [6.45, 7) is 0.266. The Morgan fingerprint density at radius 2 is 1.89 bits per heavy atom. The van der Waals surface area contributed by atoms with E-state index < -0.39 is 0 Å². The zero-order chi connectivity index (χ0) is 19.3. The maximum absolute atomic E-state index is 12.7. The first-order valence-electron chi connectivity index (χ1n) is 9.92. The van der Waals surface area contributed by atoms with Crippen molar-refractivity contribution in [3.8, 4) is 11.3 Å². The molecule has 1 aliphatic rings. The van der Waals surface area contributed by atoms with Gasteiger partial charge in [0.2, 0.25) is 5.91 Å². The molecule has 28 heavy (non-hydrogen) atoms. The predicted octanol–water partition coefficient (Wildman–Crippen LogP) is 3.28. The van der Waals surface area contributed by atoms with Gasteiger partial charge in [-0.05, 0) is 12.8 Å². The molecule has 1 aromatic carbocycles. The molecular weight excluding hydrogens is 356 g/mol. The summed E-state index contributed by atoms with van der Waals surface area (Å²) >= 11 is 0. The number of aromatic nitrogens is 3. The zero-order valence-corrected chi connectivity index (χ0v) is 15.8. The van der Waals surface area contributed by atoms with Crippen molar-refractivity contribution in [3.05, 3.63) is 47.0 Å². The molecule has 1 aliphatic carbocycles. The molecule has 1 amide bonds. The fourth-order valence-corrected chi connectivity index (χ4v) is 3.75. The maximum atomic E-state index is 12.7. The van der Waals surface area contributed by atoms with E-state index in [1.165, 1.54) is 36.6 Å². The Labute approximate surface area is 162 Å². The van der Waals surface area contributed by atoms with Gasteiger partial charge in [-0.3, -0.25) is 14.2 Å². The van der Waals surface area contributed by atoms with Crippen molar-refractivity contribution in [2.75, 3.05) is 0 Å². The highest BCUT2D eigenvalue weighted by Gasteiger charge is 2.18. The summed E-state index contributed by atoms with van der Waals surface area (Å²) in [7, 11) is 0. The molecule has 7 heteroatoms. The summed E-state index contributed by atoms with van der Waals surface area (Å²) < 4.78 is 6.68. The molecule has 1 N–H and O–H groups in total. The van der Waals surface area contributed by atoms with Gasteiger partial charge >= 0.3 is 0 Å². The molecule has 3 aromatic rings. The van der Waals surface area contributed by atoms with E-state index in [4.69, 9.17) is 4.52 Å². The number of hydrogen-bond donors (Lipinski definition) is 1. The number of nitrogens with zero attached hydrogens (tertiary/aromatic N) is 3.